The number of hydrogen-bond donors (Lipinski definition) is 2. The van der Waals surface area contributed by atoms with Gasteiger partial charge in [0.15, 0.2) is 6.61 Å². The van der Waals surface area contributed by atoms with Crippen molar-refractivity contribution in [1.82, 2.24) is 0 Å². The fraction of sp³-hybridized carbons (Fsp3) is 0.0714. The number of carbonyl (C=O) groups is 1. The highest BCUT2D eigenvalue weighted by molar-refractivity contribution is 6.33. The van der Waals surface area contributed by atoms with E-state index < -0.39 is 0 Å². The van der Waals surface area contributed by atoms with Crippen molar-refractivity contribution in [3.05, 3.63) is 53.6 Å². The third-order valence-corrected chi connectivity index (χ3v) is 2.65. The van der Waals surface area contributed by atoms with Gasteiger partial charge in [-0.3, -0.25) is 4.79 Å². The number of rotatable bonds is 4. The van der Waals surface area contributed by atoms with Gasteiger partial charge in [0.1, 0.15) is 11.5 Å². The fourth-order valence-electron chi connectivity index (χ4n) is 1.46. The molecule has 4 nitrogen and oxygen atoms in total. The Morgan fingerprint density at radius 3 is 2.63 bits per heavy atom. The summed E-state index contributed by atoms with van der Waals surface area (Å²) in [5, 5.41) is 12.1. The molecule has 2 aromatic rings. The number of halogens is 1. The summed E-state index contributed by atoms with van der Waals surface area (Å²) in [5.41, 5.74) is 0.432. The first-order valence-electron chi connectivity index (χ1n) is 5.61. The number of ether oxygens (including phenoxy) is 1. The number of para-hydroxylation sites is 1. The Morgan fingerprint density at radius 2 is 1.95 bits per heavy atom. The molecule has 0 unspecified atom stereocenters. The smallest absolute Gasteiger partial charge is 0.262 e. The third kappa shape index (κ3) is 3.89. The lowest BCUT2D eigenvalue weighted by Gasteiger charge is -2.08. The van der Waals surface area contributed by atoms with E-state index >= 15 is 0 Å². The topological polar surface area (TPSA) is 58.6 Å². The van der Waals surface area contributed by atoms with Crippen molar-refractivity contribution in [2.24, 2.45) is 0 Å². The number of phenols is 1. The van der Waals surface area contributed by atoms with Crippen molar-refractivity contribution in [3.63, 3.8) is 0 Å². The van der Waals surface area contributed by atoms with Gasteiger partial charge in [-0.25, -0.2) is 0 Å². The van der Waals surface area contributed by atoms with Crippen LogP contribution in [0.25, 0.3) is 0 Å². The Hall–Kier alpha value is -2.20. The minimum absolute atomic E-state index is 0.0449. The van der Waals surface area contributed by atoms with Gasteiger partial charge in [-0.05, 0) is 24.3 Å². The molecule has 98 valence electrons. The Kier molecular flexibility index (Phi) is 4.26. The summed E-state index contributed by atoms with van der Waals surface area (Å²) in [5.74, 6) is 0.342. The monoisotopic (exact) mass is 277 g/mol. The lowest BCUT2D eigenvalue weighted by Crippen LogP contribution is -2.20. The van der Waals surface area contributed by atoms with Gasteiger partial charge >= 0.3 is 0 Å². The Labute approximate surface area is 115 Å². The summed E-state index contributed by atoms with van der Waals surface area (Å²) in [6, 6.07) is 13.4. The summed E-state index contributed by atoms with van der Waals surface area (Å²) < 4.78 is 5.30. The van der Waals surface area contributed by atoms with Gasteiger partial charge in [0.05, 0.1) is 10.7 Å². The maximum atomic E-state index is 11.7. The summed E-state index contributed by atoms with van der Waals surface area (Å²) in [6.07, 6.45) is 0. The number of aromatic hydroxyl groups is 1. The maximum Gasteiger partial charge on any atom is 0.262 e. The Balaban J connectivity index is 1.91. The Bertz CT molecular complexity index is 572. The molecule has 2 rings (SSSR count). The zero-order valence-electron chi connectivity index (χ0n) is 9.97. The van der Waals surface area contributed by atoms with E-state index in [0.29, 0.717) is 11.4 Å². The molecule has 0 bridgehead atoms. The Morgan fingerprint density at radius 1 is 1.21 bits per heavy atom. The first-order valence-corrected chi connectivity index (χ1v) is 5.99. The van der Waals surface area contributed by atoms with Crippen LogP contribution in [0.2, 0.25) is 5.02 Å². The molecule has 0 aliphatic heterocycles. The van der Waals surface area contributed by atoms with Crippen LogP contribution in [0.5, 0.6) is 11.5 Å². The molecule has 2 aromatic carbocycles. The number of phenolic OH excluding ortho intramolecular Hbond substituents is 1. The van der Waals surface area contributed by atoms with Gasteiger partial charge in [-0.1, -0.05) is 29.8 Å². The summed E-state index contributed by atoms with van der Waals surface area (Å²) >= 11 is 5.88. The number of anilines is 1. The van der Waals surface area contributed by atoms with Crippen molar-refractivity contribution < 1.29 is 14.6 Å². The van der Waals surface area contributed by atoms with Crippen LogP contribution in [-0.2, 0) is 4.79 Å². The minimum atomic E-state index is -0.323. The van der Waals surface area contributed by atoms with Crippen LogP contribution < -0.4 is 10.1 Å². The zero-order valence-corrected chi connectivity index (χ0v) is 10.7. The second-order valence-corrected chi connectivity index (χ2v) is 4.22. The summed E-state index contributed by atoms with van der Waals surface area (Å²) in [7, 11) is 0. The standard InChI is InChI=1S/C14H12ClNO3/c15-12-8-10(17)6-7-13(12)16-14(18)9-19-11-4-2-1-3-5-11/h1-8,17H,9H2,(H,16,18). The maximum absolute atomic E-state index is 11.7. The highest BCUT2D eigenvalue weighted by atomic mass is 35.5. The third-order valence-electron chi connectivity index (χ3n) is 2.34. The molecule has 0 aromatic heterocycles. The minimum Gasteiger partial charge on any atom is -0.508 e. The van der Waals surface area contributed by atoms with Crippen LogP contribution in [-0.4, -0.2) is 17.6 Å². The van der Waals surface area contributed by atoms with E-state index in [1.807, 2.05) is 18.2 Å². The quantitative estimate of drug-likeness (QED) is 0.845. The van der Waals surface area contributed by atoms with Crippen molar-refractivity contribution in [1.29, 1.82) is 0 Å². The molecule has 5 heteroatoms. The molecule has 0 fully saturated rings. The second-order valence-electron chi connectivity index (χ2n) is 3.81. The highest BCUT2D eigenvalue weighted by Crippen LogP contribution is 2.25. The zero-order chi connectivity index (χ0) is 13.7. The molecular formula is C14H12ClNO3. The van der Waals surface area contributed by atoms with E-state index in [9.17, 15) is 9.90 Å². The van der Waals surface area contributed by atoms with Crippen LogP contribution in [0.15, 0.2) is 48.5 Å². The molecule has 0 aliphatic carbocycles. The number of benzene rings is 2. The number of amides is 1. The largest absolute Gasteiger partial charge is 0.508 e. The van der Waals surface area contributed by atoms with Gasteiger partial charge in [0.2, 0.25) is 0 Å². The van der Waals surface area contributed by atoms with E-state index in [4.69, 9.17) is 16.3 Å². The molecule has 0 saturated heterocycles. The molecule has 0 radical (unpaired) electrons. The van der Waals surface area contributed by atoms with Gasteiger partial charge in [-0.2, -0.15) is 0 Å². The fourth-order valence-corrected chi connectivity index (χ4v) is 1.68. The normalized spacial score (nSPS) is 9.95. The molecule has 0 atom stereocenters. The molecular weight excluding hydrogens is 266 g/mol. The van der Waals surface area contributed by atoms with E-state index in [0.717, 1.165) is 0 Å². The number of hydrogen-bond acceptors (Lipinski definition) is 3. The van der Waals surface area contributed by atoms with Crippen molar-refractivity contribution in [2.75, 3.05) is 11.9 Å². The van der Waals surface area contributed by atoms with Gasteiger partial charge in [0, 0.05) is 6.07 Å². The van der Waals surface area contributed by atoms with Crippen LogP contribution >= 0.6 is 11.6 Å². The summed E-state index contributed by atoms with van der Waals surface area (Å²) in [4.78, 5) is 11.7. The van der Waals surface area contributed by atoms with Crippen LogP contribution in [0, 0.1) is 0 Å². The summed E-state index contributed by atoms with van der Waals surface area (Å²) in [6.45, 7) is -0.110. The molecule has 0 saturated carbocycles. The molecule has 0 aliphatic rings. The molecule has 1 amide bonds. The lowest BCUT2D eigenvalue weighted by atomic mass is 10.3. The highest BCUT2D eigenvalue weighted by Gasteiger charge is 2.07. The average Bonchev–Trinajstić information content (AvgIpc) is 2.41. The first kappa shape index (κ1) is 13.2. The average molecular weight is 278 g/mol. The van der Waals surface area contributed by atoms with E-state index in [1.54, 1.807) is 12.1 Å². The lowest BCUT2D eigenvalue weighted by molar-refractivity contribution is -0.118. The molecule has 0 heterocycles. The van der Waals surface area contributed by atoms with E-state index in [1.165, 1.54) is 18.2 Å². The van der Waals surface area contributed by atoms with Gasteiger partial charge in [-0.15, -0.1) is 0 Å². The van der Waals surface area contributed by atoms with Gasteiger partial charge in [0.25, 0.3) is 5.91 Å². The van der Waals surface area contributed by atoms with Crippen LogP contribution in [0.4, 0.5) is 5.69 Å². The molecule has 2 N–H and O–H groups in total. The van der Waals surface area contributed by atoms with Crippen molar-refractivity contribution in [2.45, 2.75) is 0 Å². The molecule has 0 spiro atoms. The number of carbonyl (C=O) groups excluding carboxylic acids is 1. The van der Waals surface area contributed by atoms with Crippen LogP contribution in [0.3, 0.4) is 0 Å². The SMILES string of the molecule is O=C(COc1ccccc1)Nc1ccc(O)cc1Cl. The van der Waals surface area contributed by atoms with Crippen LogP contribution in [0.1, 0.15) is 0 Å². The second kappa shape index (κ2) is 6.11. The van der Waals surface area contributed by atoms with E-state index in [2.05, 4.69) is 5.32 Å². The van der Waals surface area contributed by atoms with Crippen molar-refractivity contribution in [3.8, 4) is 11.5 Å². The molecule has 19 heavy (non-hydrogen) atoms. The van der Waals surface area contributed by atoms with E-state index in [-0.39, 0.29) is 23.3 Å². The van der Waals surface area contributed by atoms with Crippen molar-refractivity contribution >= 4 is 23.2 Å². The van der Waals surface area contributed by atoms with Gasteiger partial charge < -0.3 is 15.2 Å². The number of nitrogens with one attached hydrogen (secondary N) is 1. The first-order chi connectivity index (χ1) is 9.15. The predicted octanol–water partition coefficient (Wildman–Crippen LogP) is 3.06. The predicted molar refractivity (Wildman–Crippen MR) is 73.7 cm³/mol.